The molecular formula is C41H61F2N3O12. The number of nitrogens with zero attached hydrogens (tertiary/aromatic N) is 2. The molecule has 3 heterocycles. The summed E-state index contributed by atoms with van der Waals surface area (Å²) >= 11 is 0. The number of aliphatic hydroxyl groups excluding tert-OH is 1. The van der Waals surface area contributed by atoms with Crippen LogP contribution < -0.4 is 5.32 Å². The number of carbonyl (C=O) groups excluding carboxylic acids is 5. The first-order valence-corrected chi connectivity index (χ1v) is 19.9. The molecule has 0 saturated carbocycles. The van der Waals surface area contributed by atoms with E-state index in [0.29, 0.717) is 12.1 Å². The van der Waals surface area contributed by atoms with Crippen LogP contribution >= 0.6 is 0 Å². The van der Waals surface area contributed by atoms with Crippen LogP contribution in [-0.4, -0.2) is 139 Å². The highest BCUT2D eigenvalue weighted by Crippen LogP contribution is 2.43. The van der Waals surface area contributed by atoms with Crippen molar-refractivity contribution in [2.75, 3.05) is 39.7 Å². The third kappa shape index (κ3) is 9.81. The average molecular weight is 826 g/mol. The third-order valence-electron chi connectivity index (χ3n) is 12.0. The lowest BCUT2D eigenvalue weighted by Crippen LogP contribution is -2.61. The maximum Gasteiger partial charge on any atom is 0.411 e. The van der Waals surface area contributed by atoms with Crippen molar-refractivity contribution in [2.24, 2.45) is 17.8 Å². The number of benzene rings is 1. The number of fused-ring (bicyclic) bond motifs is 1. The van der Waals surface area contributed by atoms with Gasteiger partial charge >= 0.3 is 18.2 Å². The van der Waals surface area contributed by atoms with Gasteiger partial charge in [0.2, 0.25) is 0 Å². The fraction of sp³-hybridized carbons (Fsp3) is 0.732. The van der Waals surface area contributed by atoms with Crippen molar-refractivity contribution >= 4 is 35.4 Å². The second kappa shape index (κ2) is 18.7. The summed E-state index contributed by atoms with van der Waals surface area (Å²) < 4.78 is 65.6. The Bertz CT molecular complexity index is 1650. The lowest BCUT2D eigenvalue weighted by atomic mass is 9.73. The minimum atomic E-state index is -3.23. The summed E-state index contributed by atoms with van der Waals surface area (Å²) in [7, 11) is 4.96. The predicted molar refractivity (Wildman–Crippen MR) is 206 cm³/mol. The van der Waals surface area contributed by atoms with Gasteiger partial charge in [0.05, 0.1) is 30.5 Å². The molecule has 0 aliphatic carbocycles. The van der Waals surface area contributed by atoms with Crippen molar-refractivity contribution < 1.29 is 66.3 Å². The number of rotatable bonds is 10. The number of carbonyl (C=O) groups is 5. The maximum absolute atomic E-state index is 16.8. The van der Waals surface area contributed by atoms with Crippen molar-refractivity contribution in [3.8, 4) is 0 Å². The van der Waals surface area contributed by atoms with Gasteiger partial charge in [0.25, 0.3) is 5.67 Å². The molecule has 2 amide bonds. The molecule has 0 spiro atoms. The molecule has 3 saturated heterocycles. The molecule has 58 heavy (non-hydrogen) atoms. The van der Waals surface area contributed by atoms with Gasteiger partial charge in [-0.3, -0.25) is 14.9 Å². The van der Waals surface area contributed by atoms with Crippen LogP contribution in [0, 0.1) is 23.6 Å². The molecule has 0 radical (unpaired) electrons. The lowest BCUT2D eigenvalue weighted by molar-refractivity contribution is -0.295. The van der Waals surface area contributed by atoms with Gasteiger partial charge in [0, 0.05) is 43.1 Å². The van der Waals surface area contributed by atoms with Crippen LogP contribution in [-0.2, 0) is 42.8 Å². The summed E-state index contributed by atoms with van der Waals surface area (Å²) in [6.07, 6.45) is -6.63. The van der Waals surface area contributed by atoms with E-state index in [1.54, 1.807) is 41.8 Å². The fourth-order valence-electron chi connectivity index (χ4n) is 8.80. The normalized spacial score (nSPS) is 37.8. The van der Waals surface area contributed by atoms with Crippen LogP contribution in [0.5, 0.6) is 0 Å². The van der Waals surface area contributed by atoms with Crippen LogP contribution in [0.25, 0.3) is 0 Å². The van der Waals surface area contributed by atoms with Gasteiger partial charge in [-0.05, 0) is 91.7 Å². The summed E-state index contributed by atoms with van der Waals surface area (Å²) in [6.45, 7) is 11.8. The maximum atomic E-state index is 16.8. The number of Topliss-reactive ketones (excluding diaryl/α,β-unsaturated/α-hetero) is 2. The SMILES string of the molecule is CC[C@H]1OC(=O)[C@@](C)(F)C(=O)[C@H](C)[C@@H](O[C@@H]2O[C@H](C)C[C@H](N(C)C)[C@H]2O)[C@](C)(OC)C[C@@H](C)C(=O)[C@H](C)[C@H]2N(CCCOC(=O)Nc3ccc(F)cc3)C(=O)O[C@]12C. The zero-order valence-electron chi connectivity index (χ0n) is 35.4. The van der Waals surface area contributed by atoms with Gasteiger partial charge in [-0.2, -0.15) is 0 Å². The molecular weight excluding hydrogens is 764 g/mol. The molecule has 3 fully saturated rings. The number of ketones is 2. The Morgan fingerprint density at radius 1 is 1.05 bits per heavy atom. The molecule has 15 nitrogen and oxygen atoms in total. The number of likely N-dealkylation sites (N-methyl/N-ethyl adjacent to an activating group) is 1. The smallest absolute Gasteiger partial charge is 0.411 e. The summed E-state index contributed by atoms with van der Waals surface area (Å²) in [5.41, 5.74) is -6.13. The molecule has 1 aromatic carbocycles. The molecule has 17 heteroatoms. The zero-order valence-corrected chi connectivity index (χ0v) is 35.4. The number of cyclic esters (lactones) is 1. The highest BCUT2D eigenvalue weighted by molar-refractivity contribution is 6.08. The second-order valence-corrected chi connectivity index (χ2v) is 16.7. The molecule has 3 aliphatic rings. The summed E-state index contributed by atoms with van der Waals surface area (Å²) in [5, 5.41) is 13.9. The van der Waals surface area contributed by atoms with Crippen LogP contribution in [0.15, 0.2) is 24.3 Å². The molecule has 0 aromatic heterocycles. The van der Waals surface area contributed by atoms with Crippen molar-refractivity contribution in [3.63, 3.8) is 0 Å². The monoisotopic (exact) mass is 825 g/mol. The quantitative estimate of drug-likeness (QED) is 0.139. The Balaban J connectivity index is 1.68. The number of ether oxygens (including phenoxy) is 6. The predicted octanol–water partition coefficient (Wildman–Crippen LogP) is 5.06. The number of amides is 2. The molecule has 4 rings (SSSR count). The Kier molecular flexibility index (Phi) is 15.1. The number of aliphatic hydroxyl groups is 1. The first kappa shape index (κ1) is 46.9. The zero-order chi connectivity index (χ0) is 43.5. The van der Waals surface area contributed by atoms with E-state index in [-0.39, 0.29) is 50.3 Å². The Morgan fingerprint density at radius 3 is 2.28 bits per heavy atom. The van der Waals surface area contributed by atoms with E-state index in [0.717, 1.165) is 6.92 Å². The largest absolute Gasteiger partial charge is 0.455 e. The minimum Gasteiger partial charge on any atom is -0.455 e. The number of esters is 1. The van der Waals surface area contributed by atoms with Gasteiger partial charge in [0.15, 0.2) is 17.7 Å². The minimum absolute atomic E-state index is 0.0123. The highest BCUT2D eigenvalue weighted by Gasteiger charge is 2.61. The average Bonchev–Trinajstić information content (AvgIpc) is 3.43. The van der Waals surface area contributed by atoms with Crippen LogP contribution in [0.3, 0.4) is 0 Å². The van der Waals surface area contributed by atoms with E-state index in [4.69, 9.17) is 28.4 Å². The van der Waals surface area contributed by atoms with Gasteiger partial charge < -0.3 is 43.3 Å². The van der Waals surface area contributed by atoms with Crippen molar-refractivity contribution in [3.05, 3.63) is 30.1 Å². The topological polar surface area (TPSA) is 179 Å². The number of alkyl halides is 1. The molecule has 0 unspecified atom stereocenters. The van der Waals surface area contributed by atoms with Crippen molar-refractivity contribution in [1.29, 1.82) is 0 Å². The lowest BCUT2D eigenvalue weighted by Gasteiger charge is -2.47. The van der Waals surface area contributed by atoms with Crippen LogP contribution in [0.4, 0.5) is 24.1 Å². The van der Waals surface area contributed by atoms with E-state index in [9.17, 15) is 33.5 Å². The Morgan fingerprint density at radius 2 is 1.69 bits per heavy atom. The van der Waals surface area contributed by atoms with Crippen molar-refractivity contribution in [2.45, 2.75) is 141 Å². The molecule has 1 aromatic rings. The first-order chi connectivity index (χ1) is 27.0. The van der Waals surface area contributed by atoms with E-state index in [1.165, 1.54) is 50.1 Å². The highest BCUT2D eigenvalue weighted by atomic mass is 19.1. The van der Waals surface area contributed by atoms with E-state index in [1.807, 2.05) is 11.8 Å². The summed E-state index contributed by atoms with van der Waals surface area (Å²) in [5.74, 6) is -6.70. The number of nitrogens with one attached hydrogen (secondary N) is 1. The third-order valence-corrected chi connectivity index (χ3v) is 12.0. The molecule has 326 valence electrons. The number of halogens is 2. The second-order valence-electron chi connectivity index (χ2n) is 16.7. The van der Waals surface area contributed by atoms with E-state index < -0.39 is 95.0 Å². The fourth-order valence-corrected chi connectivity index (χ4v) is 8.80. The van der Waals surface area contributed by atoms with Crippen molar-refractivity contribution in [1.82, 2.24) is 9.80 Å². The molecule has 13 atom stereocenters. The number of hydrogen-bond donors (Lipinski definition) is 2. The van der Waals surface area contributed by atoms with Gasteiger partial charge in [-0.25, -0.2) is 23.2 Å². The summed E-state index contributed by atoms with van der Waals surface area (Å²) in [4.78, 5) is 71.8. The number of hydrogen-bond acceptors (Lipinski definition) is 13. The number of anilines is 1. The Hall–Kier alpha value is -3.77. The molecule has 3 aliphatic heterocycles. The molecule has 0 bridgehead atoms. The van der Waals surface area contributed by atoms with Crippen LogP contribution in [0.2, 0.25) is 0 Å². The van der Waals surface area contributed by atoms with Crippen LogP contribution in [0.1, 0.15) is 81.1 Å². The standard InChI is InChI=1S/C41H61F2N3O12/c1-12-29-41(8)32(46(38(52)58-41)18-13-19-54-37(51)44-27-16-14-26(42)15-17-27)24(4)30(47)22(2)21-39(6,53-11)34(25(5)33(49)40(7,43)36(50)56-29)57-35-31(48)28(45(9)10)20-23(3)55-35/h14-17,22-25,28-29,31-32,34-35,48H,12-13,18-21H2,1-11H3,(H,44,51)/t22-,23-,24+,25+,28+,29-,31-,32-,34-,35+,39-,40+,41-/m1/s1. The van der Waals surface area contributed by atoms with E-state index in [2.05, 4.69) is 5.32 Å². The van der Waals surface area contributed by atoms with Gasteiger partial charge in [-0.1, -0.05) is 27.7 Å². The van der Waals surface area contributed by atoms with Gasteiger partial charge in [0.1, 0.15) is 23.8 Å². The first-order valence-electron chi connectivity index (χ1n) is 19.9. The molecule has 2 N–H and O–H groups in total. The summed E-state index contributed by atoms with van der Waals surface area (Å²) in [6, 6.07) is 3.62. The van der Waals surface area contributed by atoms with Gasteiger partial charge in [-0.15, -0.1) is 0 Å². The number of methoxy groups -OCH3 is 1. The Labute approximate surface area is 339 Å². The van der Waals surface area contributed by atoms with E-state index >= 15 is 4.39 Å².